The zero-order valence-electron chi connectivity index (χ0n) is 9.65. The van der Waals surface area contributed by atoms with Crippen LogP contribution in [0.25, 0.3) is 0 Å². The van der Waals surface area contributed by atoms with Crippen molar-refractivity contribution in [1.82, 2.24) is 0 Å². The molecule has 1 aromatic rings. The molecule has 0 unspecified atom stereocenters. The second kappa shape index (κ2) is 6.31. The molecule has 0 heterocycles. The van der Waals surface area contributed by atoms with E-state index in [-0.39, 0.29) is 11.5 Å². The first kappa shape index (κ1) is 14.4. The van der Waals surface area contributed by atoms with Crippen LogP contribution in [0.4, 0.5) is 0 Å². The first-order valence-electron chi connectivity index (χ1n) is 5.45. The van der Waals surface area contributed by atoms with Gasteiger partial charge in [-0.15, -0.1) is 0 Å². The molecule has 3 nitrogen and oxygen atoms in total. The quantitative estimate of drug-likeness (QED) is 0.810. The first-order chi connectivity index (χ1) is 7.95. The molecule has 0 fully saturated rings. The van der Waals surface area contributed by atoms with E-state index in [0.29, 0.717) is 24.2 Å². The maximum absolute atomic E-state index is 11.9. The molecule has 17 heavy (non-hydrogen) atoms. The van der Waals surface area contributed by atoms with Crippen LogP contribution in [0.2, 0.25) is 0 Å². The summed E-state index contributed by atoms with van der Waals surface area (Å²) in [5.74, 6) is 0.129. The molecule has 0 aliphatic heterocycles. The number of carbonyl (C=O) groups excluding carboxylic acids is 1. The van der Waals surface area contributed by atoms with Gasteiger partial charge in [0.1, 0.15) is 5.78 Å². The van der Waals surface area contributed by atoms with Gasteiger partial charge in [-0.3, -0.25) is 4.79 Å². The van der Waals surface area contributed by atoms with E-state index in [4.69, 9.17) is 0 Å². The molecule has 0 atom stereocenters. The second-order valence-corrected chi connectivity index (χ2v) is 6.80. The summed E-state index contributed by atoms with van der Waals surface area (Å²) in [5.41, 5.74) is 0. The Morgan fingerprint density at radius 2 is 2.06 bits per heavy atom. The van der Waals surface area contributed by atoms with Crippen LogP contribution in [-0.2, 0) is 14.6 Å². The third-order valence-corrected chi connectivity index (χ3v) is 4.71. The Hall–Kier alpha value is -0.680. The summed E-state index contributed by atoms with van der Waals surface area (Å²) in [7, 11) is -3.27. The fraction of sp³-hybridized carbons (Fsp3) is 0.417. The predicted molar refractivity (Wildman–Crippen MR) is 70.7 cm³/mol. The fourth-order valence-electron chi connectivity index (χ4n) is 1.41. The highest BCUT2D eigenvalue weighted by atomic mass is 79.9. The molecule has 1 rings (SSSR count). The van der Waals surface area contributed by atoms with Crippen LogP contribution in [0.5, 0.6) is 0 Å². The first-order valence-corrected chi connectivity index (χ1v) is 7.90. The summed E-state index contributed by atoms with van der Waals surface area (Å²) < 4.78 is 24.6. The smallest absolute Gasteiger partial charge is 0.178 e. The lowest BCUT2D eigenvalue weighted by Gasteiger charge is -2.04. The summed E-state index contributed by atoms with van der Waals surface area (Å²) in [5, 5.41) is 0. The zero-order valence-corrected chi connectivity index (χ0v) is 12.1. The van der Waals surface area contributed by atoms with Crippen molar-refractivity contribution in [2.75, 3.05) is 5.75 Å². The standard InChI is InChI=1S/C12H15BrO3S/c1-2-11(14)6-4-8-17(15,16)12-7-3-5-10(13)9-12/h3,5,7,9H,2,4,6,8H2,1H3. The topological polar surface area (TPSA) is 51.2 Å². The number of halogens is 1. The van der Waals surface area contributed by atoms with Crippen molar-refractivity contribution >= 4 is 31.6 Å². The molecule has 0 saturated heterocycles. The van der Waals surface area contributed by atoms with Gasteiger partial charge in [0, 0.05) is 17.3 Å². The van der Waals surface area contributed by atoms with Crippen LogP contribution in [0, 0.1) is 0 Å². The van der Waals surface area contributed by atoms with E-state index in [0.717, 1.165) is 4.47 Å². The number of Topliss-reactive ketones (excluding diaryl/α,β-unsaturated/α-hetero) is 1. The number of sulfone groups is 1. The Morgan fingerprint density at radius 3 is 2.65 bits per heavy atom. The van der Waals surface area contributed by atoms with Crippen molar-refractivity contribution in [3.05, 3.63) is 28.7 Å². The van der Waals surface area contributed by atoms with Gasteiger partial charge in [-0.1, -0.05) is 28.9 Å². The predicted octanol–water partition coefficient (Wildman–Crippen LogP) is 2.98. The Morgan fingerprint density at radius 1 is 1.35 bits per heavy atom. The molecule has 0 radical (unpaired) electrons. The lowest BCUT2D eigenvalue weighted by atomic mass is 10.2. The monoisotopic (exact) mass is 318 g/mol. The number of benzene rings is 1. The number of hydrogen-bond donors (Lipinski definition) is 0. The molecule has 94 valence electrons. The van der Waals surface area contributed by atoms with E-state index in [1.165, 1.54) is 0 Å². The third kappa shape index (κ3) is 4.60. The molecule has 0 N–H and O–H groups in total. The van der Waals surface area contributed by atoms with E-state index in [1.807, 2.05) is 0 Å². The lowest BCUT2D eigenvalue weighted by Crippen LogP contribution is -2.08. The normalized spacial score (nSPS) is 11.4. The van der Waals surface area contributed by atoms with Gasteiger partial charge in [-0.05, 0) is 24.6 Å². The molecule has 0 aromatic heterocycles. The highest BCUT2D eigenvalue weighted by Gasteiger charge is 2.14. The molecular formula is C12H15BrO3S. The molecule has 1 aromatic carbocycles. The van der Waals surface area contributed by atoms with Crippen LogP contribution in [0.3, 0.4) is 0 Å². The molecule has 5 heteroatoms. The van der Waals surface area contributed by atoms with Gasteiger partial charge >= 0.3 is 0 Å². The summed E-state index contributed by atoms with van der Waals surface area (Å²) in [6, 6.07) is 6.62. The van der Waals surface area contributed by atoms with Crippen molar-refractivity contribution in [1.29, 1.82) is 0 Å². The number of ketones is 1. The van der Waals surface area contributed by atoms with Gasteiger partial charge in [0.05, 0.1) is 10.6 Å². The highest BCUT2D eigenvalue weighted by Crippen LogP contribution is 2.18. The summed E-state index contributed by atoms with van der Waals surface area (Å²) in [6.45, 7) is 1.78. The van der Waals surface area contributed by atoms with Gasteiger partial charge in [-0.25, -0.2) is 8.42 Å². The Balaban J connectivity index is 2.66. The average Bonchev–Trinajstić information content (AvgIpc) is 2.28. The number of rotatable bonds is 6. The summed E-state index contributed by atoms with van der Waals surface area (Å²) in [6.07, 6.45) is 1.20. The Labute approximate surface area is 110 Å². The minimum absolute atomic E-state index is 0.0230. The van der Waals surface area contributed by atoms with Crippen LogP contribution >= 0.6 is 15.9 Å². The van der Waals surface area contributed by atoms with Crippen molar-refractivity contribution in [2.24, 2.45) is 0 Å². The number of carbonyl (C=O) groups is 1. The van der Waals surface area contributed by atoms with Gasteiger partial charge in [0.2, 0.25) is 0 Å². The minimum atomic E-state index is -3.27. The molecule has 0 spiro atoms. The number of hydrogen-bond acceptors (Lipinski definition) is 3. The van der Waals surface area contributed by atoms with Crippen LogP contribution in [0.15, 0.2) is 33.6 Å². The molecule has 0 aliphatic carbocycles. The van der Waals surface area contributed by atoms with Gasteiger partial charge < -0.3 is 0 Å². The second-order valence-electron chi connectivity index (χ2n) is 3.77. The maximum Gasteiger partial charge on any atom is 0.178 e. The summed E-state index contributed by atoms with van der Waals surface area (Å²) in [4.78, 5) is 11.4. The van der Waals surface area contributed by atoms with Crippen LogP contribution in [0.1, 0.15) is 26.2 Å². The van der Waals surface area contributed by atoms with Gasteiger partial charge in [0.25, 0.3) is 0 Å². The molecular weight excluding hydrogens is 304 g/mol. The van der Waals surface area contributed by atoms with Crippen molar-refractivity contribution in [3.63, 3.8) is 0 Å². The zero-order chi connectivity index (χ0) is 12.9. The average molecular weight is 319 g/mol. The van der Waals surface area contributed by atoms with E-state index in [9.17, 15) is 13.2 Å². The van der Waals surface area contributed by atoms with E-state index in [2.05, 4.69) is 15.9 Å². The van der Waals surface area contributed by atoms with E-state index in [1.54, 1.807) is 31.2 Å². The van der Waals surface area contributed by atoms with Crippen LogP contribution < -0.4 is 0 Å². The van der Waals surface area contributed by atoms with E-state index < -0.39 is 9.84 Å². The minimum Gasteiger partial charge on any atom is -0.300 e. The lowest BCUT2D eigenvalue weighted by molar-refractivity contribution is -0.118. The highest BCUT2D eigenvalue weighted by molar-refractivity contribution is 9.10. The fourth-order valence-corrected chi connectivity index (χ4v) is 3.32. The van der Waals surface area contributed by atoms with Gasteiger partial charge in [0.15, 0.2) is 9.84 Å². The Bertz CT molecular complexity index is 494. The SMILES string of the molecule is CCC(=O)CCCS(=O)(=O)c1cccc(Br)c1. The van der Waals surface area contributed by atoms with E-state index >= 15 is 0 Å². The van der Waals surface area contributed by atoms with Crippen LogP contribution in [-0.4, -0.2) is 20.0 Å². The largest absolute Gasteiger partial charge is 0.300 e. The van der Waals surface area contributed by atoms with Crippen molar-refractivity contribution < 1.29 is 13.2 Å². The van der Waals surface area contributed by atoms with Crippen molar-refractivity contribution in [2.45, 2.75) is 31.1 Å². The third-order valence-electron chi connectivity index (χ3n) is 2.42. The van der Waals surface area contributed by atoms with Crippen molar-refractivity contribution in [3.8, 4) is 0 Å². The maximum atomic E-state index is 11.9. The summed E-state index contributed by atoms with van der Waals surface area (Å²) >= 11 is 3.24. The Kier molecular flexibility index (Phi) is 5.33. The molecule has 0 saturated carbocycles. The van der Waals surface area contributed by atoms with Gasteiger partial charge in [-0.2, -0.15) is 0 Å². The molecule has 0 bridgehead atoms. The molecule has 0 amide bonds. The molecule has 0 aliphatic rings.